The van der Waals surface area contributed by atoms with E-state index in [1.807, 2.05) is 71.7 Å². The average molecular weight is 573 g/mol. The summed E-state index contributed by atoms with van der Waals surface area (Å²) in [7, 11) is 5.19. The molecule has 1 N–H and O–H groups in total. The molecule has 0 amide bonds. The van der Waals surface area contributed by atoms with E-state index in [1.165, 1.54) is 21.9 Å². The molecule has 0 spiro atoms. The fourth-order valence-corrected chi connectivity index (χ4v) is 4.17. The van der Waals surface area contributed by atoms with Crippen molar-refractivity contribution in [1.29, 1.82) is 0 Å². The fraction of sp³-hybridized carbons (Fsp3) is 0.192. The summed E-state index contributed by atoms with van der Waals surface area (Å²) < 4.78 is 4.87. The van der Waals surface area contributed by atoms with Crippen LogP contribution in [0.25, 0.3) is 33.1 Å². The zero-order chi connectivity index (χ0) is 22.7. The molecule has 6 aromatic heterocycles. The van der Waals surface area contributed by atoms with Gasteiger partial charge in [-0.2, -0.15) is 0 Å². The molecule has 6 aromatic rings. The molecule has 0 saturated heterocycles. The number of pyridine rings is 3. The molecule has 0 radical (unpaired) electrons. The van der Waals surface area contributed by atoms with Gasteiger partial charge in [0.15, 0.2) is 0 Å². The monoisotopic (exact) mass is 572 g/mol. The molecule has 9 heteroatoms. The Morgan fingerprint density at radius 1 is 0.714 bits per heavy atom. The van der Waals surface area contributed by atoms with Crippen LogP contribution in [0.1, 0.15) is 33.4 Å². The highest BCUT2D eigenvalue weighted by molar-refractivity contribution is 9.10. The van der Waals surface area contributed by atoms with Crippen molar-refractivity contribution < 1.29 is 0 Å². The minimum absolute atomic E-state index is 0. The van der Waals surface area contributed by atoms with Gasteiger partial charge in [-0.05, 0) is 96.1 Å². The maximum absolute atomic E-state index is 4.28. The standard InChI is InChI=1S/C8H9N2P.C8H8N2.C7H6BrN2P.3CH4/c1-6-4-7-2-3-10(11)8(7)9-5-6;1-6-4-7-2-3-9-8(7)10-5-6;8-6-3-5-1-2-10(11)7(5)9-4-6;;;/h2-5H,11H2,1H3;2-5H,1H3,(H,9,10);1-4H,11H2;3*1H4. The Balaban J connectivity index is 0.000000252. The number of aromatic nitrogens is 6. The van der Waals surface area contributed by atoms with Crippen molar-refractivity contribution in [3.63, 3.8) is 0 Å². The number of hydrogen-bond donors (Lipinski definition) is 1. The van der Waals surface area contributed by atoms with E-state index in [0.29, 0.717) is 0 Å². The number of fused-ring (bicyclic) bond motifs is 3. The third kappa shape index (κ3) is 7.44. The van der Waals surface area contributed by atoms with E-state index in [2.05, 4.69) is 72.8 Å². The largest absolute Gasteiger partial charge is 0.346 e. The molecule has 0 saturated carbocycles. The van der Waals surface area contributed by atoms with Gasteiger partial charge in [-0.15, -0.1) is 0 Å². The topological polar surface area (TPSA) is 64.3 Å². The van der Waals surface area contributed by atoms with Crippen molar-refractivity contribution >= 4 is 67.8 Å². The molecule has 6 rings (SSSR count). The summed E-state index contributed by atoms with van der Waals surface area (Å²) in [5.74, 6) is 0. The smallest absolute Gasteiger partial charge is 0.142 e. The second-order valence-electron chi connectivity index (χ2n) is 7.37. The number of aryl methyl sites for hydroxylation is 2. The van der Waals surface area contributed by atoms with E-state index < -0.39 is 0 Å². The third-order valence-corrected chi connectivity index (χ3v) is 6.02. The molecule has 2 atom stereocenters. The molecule has 186 valence electrons. The summed E-state index contributed by atoms with van der Waals surface area (Å²) in [4.78, 5) is 15.7. The van der Waals surface area contributed by atoms with Gasteiger partial charge in [-0.3, -0.25) is 0 Å². The van der Waals surface area contributed by atoms with Crippen LogP contribution in [0.5, 0.6) is 0 Å². The molecule has 2 unspecified atom stereocenters. The maximum atomic E-state index is 4.28. The molecule has 0 aliphatic rings. The molecular formula is C26H35BrN6P2. The number of halogens is 1. The third-order valence-electron chi connectivity index (χ3n) is 4.75. The Morgan fingerprint density at radius 3 is 1.86 bits per heavy atom. The van der Waals surface area contributed by atoms with Crippen LogP contribution in [0.3, 0.4) is 0 Å². The van der Waals surface area contributed by atoms with Gasteiger partial charge in [0.05, 0.1) is 0 Å². The zero-order valence-corrected chi connectivity index (χ0v) is 21.6. The first kappa shape index (κ1) is 30.4. The quantitative estimate of drug-likeness (QED) is 0.186. The van der Waals surface area contributed by atoms with Gasteiger partial charge in [0.2, 0.25) is 0 Å². The summed E-state index contributed by atoms with van der Waals surface area (Å²) in [6, 6.07) is 12.4. The zero-order valence-electron chi connectivity index (χ0n) is 17.7. The van der Waals surface area contributed by atoms with Gasteiger partial charge in [0.25, 0.3) is 0 Å². The lowest BCUT2D eigenvalue weighted by Gasteiger charge is -1.94. The number of hydrogen-bond acceptors (Lipinski definition) is 3. The van der Waals surface area contributed by atoms with E-state index in [9.17, 15) is 0 Å². The molecule has 0 fully saturated rings. The summed E-state index contributed by atoms with van der Waals surface area (Å²) in [5.41, 5.74) is 5.37. The summed E-state index contributed by atoms with van der Waals surface area (Å²) in [5, 5.41) is 3.52. The van der Waals surface area contributed by atoms with Crippen molar-refractivity contribution in [2.75, 3.05) is 0 Å². The maximum Gasteiger partial charge on any atom is 0.142 e. The van der Waals surface area contributed by atoms with E-state index in [1.54, 1.807) is 6.20 Å². The molecule has 35 heavy (non-hydrogen) atoms. The number of rotatable bonds is 0. The van der Waals surface area contributed by atoms with Crippen molar-refractivity contribution in [3.05, 3.63) is 89.2 Å². The van der Waals surface area contributed by atoms with Crippen LogP contribution in [-0.4, -0.2) is 28.6 Å². The first-order valence-electron chi connectivity index (χ1n) is 9.87. The number of H-pyrrole nitrogens is 1. The second kappa shape index (κ2) is 13.5. The van der Waals surface area contributed by atoms with Gasteiger partial charge >= 0.3 is 0 Å². The van der Waals surface area contributed by atoms with E-state index in [4.69, 9.17) is 0 Å². The SMILES string of the molecule is C.C.C.Cc1cnc2[nH]ccc2c1.Cc1cnc2c(ccn2P)c1.Pn1ccc2cc(Br)cnc21. The van der Waals surface area contributed by atoms with Crippen LogP contribution in [0.15, 0.2) is 78.1 Å². The number of aromatic amines is 1. The van der Waals surface area contributed by atoms with E-state index >= 15 is 0 Å². The van der Waals surface area contributed by atoms with Crippen molar-refractivity contribution in [2.45, 2.75) is 36.1 Å². The Bertz CT molecular complexity index is 1420. The van der Waals surface area contributed by atoms with Crippen LogP contribution in [0.4, 0.5) is 0 Å². The lowest BCUT2D eigenvalue weighted by molar-refractivity contribution is 1.24. The van der Waals surface area contributed by atoms with Crippen molar-refractivity contribution in [1.82, 2.24) is 28.6 Å². The predicted molar refractivity (Wildman–Crippen MR) is 163 cm³/mol. The van der Waals surface area contributed by atoms with Crippen LogP contribution >= 0.6 is 34.7 Å². The van der Waals surface area contributed by atoms with Crippen molar-refractivity contribution in [3.8, 4) is 0 Å². The Kier molecular flexibility index (Phi) is 11.7. The van der Waals surface area contributed by atoms with Crippen LogP contribution in [0.2, 0.25) is 0 Å². The second-order valence-corrected chi connectivity index (χ2v) is 9.39. The molecule has 0 bridgehead atoms. The molecule has 6 nitrogen and oxygen atoms in total. The lowest BCUT2D eigenvalue weighted by Crippen LogP contribution is -1.81. The minimum Gasteiger partial charge on any atom is -0.346 e. The average Bonchev–Trinajstić information content (AvgIpc) is 3.48. The van der Waals surface area contributed by atoms with E-state index in [0.717, 1.165) is 26.8 Å². The number of nitrogens with one attached hydrogen (secondary N) is 1. The minimum atomic E-state index is 0. The predicted octanol–water partition coefficient (Wildman–Crippen LogP) is 8.20. The van der Waals surface area contributed by atoms with Crippen LogP contribution in [0, 0.1) is 13.8 Å². The number of nitrogens with zero attached hydrogens (tertiary/aromatic N) is 5. The highest BCUT2D eigenvalue weighted by atomic mass is 79.9. The van der Waals surface area contributed by atoms with E-state index in [-0.39, 0.29) is 22.3 Å². The molecular weight excluding hydrogens is 538 g/mol. The van der Waals surface area contributed by atoms with Crippen LogP contribution < -0.4 is 0 Å². The van der Waals surface area contributed by atoms with Crippen molar-refractivity contribution in [2.24, 2.45) is 0 Å². The highest BCUT2D eigenvalue weighted by Gasteiger charge is 1.98. The van der Waals surface area contributed by atoms with Gasteiger partial charge in [0, 0.05) is 57.8 Å². The summed E-state index contributed by atoms with van der Waals surface area (Å²) >= 11 is 3.36. The fourth-order valence-electron chi connectivity index (χ4n) is 3.22. The first-order valence-corrected chi connectivity index (χ1v) is 11.7. The molecule has 0 aromatic carbocycles. The Morgan fingerprint density at radius 2 is 1.23 bits per heavy atom. The Labute approximate surface area is 221 Å². The Hall–Kier alpha value is -2.59. The molecule has 0 aliphatic carbocycles. The van der Waals surface area contributed by atoms with Gasteiger partial charge in [-0.25, -0.2) is 15.0 Å². The van der Waals surface area contributed by atoms with Gasteiger partial charge in [-0.1, -0.05) is 22.3 Å². The molecule has 6 heterocycles. The lowest BCUT2D eigenvalue weighted by atomic mass is 10.2. The molecule has 0 aliphatic heterocycles. The highest BCUT2D eigenvalue weighted by Crippen LogP contribution is 2.19. The van der Waals surface area contributed by atoms with Crippen LogP contribution in [-0.2, 0) is 0 Å². The van der Waals surface area contributed by atoms with Gasteiger partial charge in [0.1, 0.15) is 16.9 Å². The van der Waals surface area contributed by atoms with Gasteiger partial charge < -0.3 is 13.7 Å². The summed E-state index contributed by atoms with van der Waals surface area (Å²) in [6.45, 7) is 4.09. The summed E-state index contributed by atoms with van der Waals surface area (Å²) in [6.07, 6.45) is 11.4. The normalized spacial score (nSPS) is 9.74. The first-order chi connectivity index (χ1) is 15.4.